The Morgan fingerprint density at radius 1 is 1.29 bits per heavy atom. The molecule has 0 spiro atoms. The smallest absolute Gasteiger partial charge is 0.270 e. The van der Waals surface area contributed by atoms with Crippen molar-refractivity contribution in [1.29, 1.82) is 0 Å². The number of benzene rings is 1. The molecule has 1 aliphatic rings. The number of hydrogen-bond acceptors (Lipinski definition) is 4. The number of anilines is 1. The molecule has 2 N–H and O–H groups in total. The Morgan fingerprint density at radius 3 is 2.90 bits per heavy atom. The van der Waals surface area contributed by atoms with Gasteiger partial charge in [0.25, 0.3) is 5.91 Å². The Labute approximate surface area is 123 Å². The monoisotopic (exact) mass is 282 g/mol. The van der Waals surface area contributed by atoms with Gasteiger partial charge in [0.2, 0.25) is 0 Å². The molecular formula is C16H18N4O. The van der Waals surface area contributed by atoms with Crippen molar-refractivity contribution in [2.24, 2.45) is 0 Å². The van der Waals surface area contributed by atoms with Crippen LogP contribution < -0.4 is 10.6 Å². The summed E-state index contributed by atoms with van der Waals surface area (Å²) in [6.07, 6.45) is 3.75. The zero-order chi connectivity index (χ0) is 14.7. The SMILES string of the molecule is Cc1cccc(CNC(=O)c2cc(NC3CC3)ncn2)c1. The molecule has 0 radical (unpaired) electrons. The molecule has 1 aliphatic carbocycles. The predicted octanol–water partition coefficient (Wildman–Crippen LogP) is 2.29. The molecule has 21 heavy (non-hydrogen) atoms. The molecule has 5 nitrogen and oxygen atoms in total. The summed E-state index contributed by atoms with van der Waals surface area (Å²) >= 11 is 0. The van der Waals surface area contributed by atoms with Gasteiger partial charge >= 0.3 is 0 Å². The van der Waals surface area contributed by atoms with E-state index in [0.29, 0.717) is 24.1 Å². The van der Waals surface area contributed by atoms with Gasteiger partial charge in [0.05, 0.1) is 0 Å². The average molecular weight is 282 g/mol. The highest BCUT2D eigenvalue weighted by atomic mass is 16.1. The minimum Gasteiger partial charge on any atom is -0.367 e. The van der Waals surface area contributed by atoms with Crippen LogP contribution in [-0.4, -0.2) is 21.9 Å². The first-order chi connectivity index (χ1) is 10.2. The summed E-state index contributed by atoms with van der Waals surface area (Å²) in [5, 5.41) is 6.14. The number of rotatable bonds is 5. The molecule has 1 aromatic heterocycles. The highest BCUT2D eigenvalue weighted by Crippen LogP contribution is 2.23. The van der Waals surface area contributed by atoms with Gasteiger partial charge in [-0.1, -0.05) is 29.8 Å². The van der Waals surface area contributed by atoms with E-state index >= 15 is 0 Å². The Morgan fingerprint density at radius 2 is 2.14 bits per heavy atom. The van der Waals surface area contributed by atoms with Crippen LogP contribution >= 0.6 is 0 Å². The van der Waals surface area contributed by atoms with Crippen molar-refractivity contribution < 1.29 is 4.79 Å². The summed E-state index contributed by atoms with van der Waals surface area (Å²) in [4.78, 5) is 20.3. The molecule has 3 rings (SSSR count). The molecule has 1 amide bonds. The maximum atomic E-state index is 12.1. The molecule has 108 valence electrons. The maximum absolute atomic E-state index is 12.1. The van der Waals surface area contributed by atoms with E-state index < -0.39 is 0 Å². The molecule has 2 aromatic rings. The number of nitrogens with one attached hydrogen (secondary N) is 2. The van der Waals surface area contributed by atoms with Gasteiger partial charge in [-0.15, -0.1) is 0 Å². The Bertz CT molecular complexity index is 652. The molecule has 0 saturated heterocycles. The third-order valence-corrected chi connectivity index (χ3v) is 3.36. The van der Waals surface area contributed by atoms with Gasteiger partial charge in [-0.25, -0.2) is 9.97 Å². The lowest BCUT2D eigenvalue weighted by molar-refractivity contribution is 0.0946. The van der Waals surface area contributed by atoms with Crippen LogP contribution in [0.15, 0.2) is 36.7 Å². The number of carbonyl (C=O) groups excluding carboxylic acids is 1. The summed E-state index contributed by atoms with van der Waals surface area (Å²) in [6.45, 7) is 2.53. The number of carbonyl (C=O) groups is 1. The van der Waals surface area contributed by atoms with Crippen molar-refractivity contribution in [3.05, 3.63) is 53.5 Å². The first-order valence-corrected chi connectivity index (χ1v) is 7.13. The van der Waals surface area contributed by atoms with E-state index in [1.165, 1.54) is 24.7 Å². The zero-order valence-electron chi connectivity index (χ0n) is 12.0. The first-order valence-electron chi connectivity index (χ1n) is 7.13. The highest BCUT2D eigenvalue weighted by Gasteiger charge is 2.21. The molecule has 0 bridgehead atoms. The van der Waals surface area contributed by atoms with Crippen LogP contribution in [0.2, 0.25) is 0 Å². The van der Waals surface area contributed by atoms with Crippen LogP contribution in [0.4, 0.5) is 5.82 Å². The molecule has 1 aromatic carbocycles. The fourth-order valence-corrected chi connectivity index (χ4v) is 2.09. The summed E-state index contributed by atoms with van der Waals surface area (Å²) in [7, 11) is 0. The second kappa shape index (κ2) is 5.91. The summed E-state index contributed by atoms with van der Waals surface area (Å²) in [5.41, 5.74) is 2.65. The van der Waals surface area contributed by atoms with Crippen molar-refractivity contribution in [3.63, 3.8) is 0 Å². The number of aryl methyl sites for hydroxylation is 1. The van der Waals surface area contributed by atoms with E-state index in [1.54, 1.807) is 6.07 Å². The van der Waals surface area contributed by atoms with Crippen LogP contribution in [0.25, 0.3) is 0 Å². The van der Waals surface area contributed by atoms with Gasteiger partial charge in [0.1, 0.15) is 17.8 Å². The van der Waals surface area contributed by atoms with Crippen LogP contribution in [0.1, 0.15) is 34.5 Å². The quantitative estimate of drug-likeness (QED) is 0.883. The number of amides is 1. The van der Waals surface area contributed by atoms with Gasteiger partial charge in [0, 0.05) is 18.7 Å². The zero-order valence-corrected chi connectivity index (χ0v) is 12.0. The average Bonchev–Trinajstić information content (AvgIpc) is 3.29. The maximum Gasteiger partial charge on any atom is 0.270 e. The minimum atomic E-state index is -0.183. The van der Waals surface area contributed by atoms with Gasteiger partial charge in [0.15, 0.2) is 0 Å². The first kappa shape index (κ1) is 13.5. The lowest BCUT2D eigenvalue weighted by Gasteiger charge is -2.07. The van der Waals surface area contributed by atoms with Crippen molar-refractivity contribution in [1.82, 2.24) is 15.3 Å². The normalized spacial score (nSPS) is 13.8. The second-order valence-electron chi connectivity index (χ2n) is 5.38. The third-order valence-electron chi connectivity index (χ3n) is 3.36. The van der Waals surface area contributed by atoms with Crippen molar-refractivity contribution in [2.45, 2.75) is 32.4 Å². The minimum absolute atomic E-state index is 0.183. The van der Waals surface area contributed by atoms with Crippen molar-refractivity contribution in [3.8, 4) is 0 Å². The Hall–Kier alpha value is -2.43. The molecule has 0 aliphatic heterocycles. The number of aromatic nitrogens is 2. The molecule has 0 unspecified atom stereocenters. The van der Waals surface area contributed by atoms with Gasteiger partial charge in [-0.05, 0) is 25.3 Å². The fraction of sp³-hybridized carbons (Fsp3) is 0.312. The standard InChI is InChI=1S/C16H18N4O/c1-11-3-2-4-12(7-11)9-17-16(21)14-8-15(19-10-18-14)20-13-5-6-13/h2-4,7-8,10,13H,5-6,9H2,1H3,(H,17,21)(H,18,19,20). The van der Waals surface area contributed by atoms with Crippen LogP contribution in [0, 0.1) is 6.92 Å². The molecule has 1 saturated carbocycles. The molecular weight excluding hydrogens is 264 g/mol. The number of nitrogens with zero attached hydrogens (tertiary/aromatic N) is 2. The van der Waals surface area contributed by atoms with Crippen LogP contribution in [0.5, 0.6) is 0 Å². The molecule has 0 atom stereocenters. The van der Waals surface area contributed by atoms with Crippen molar-refractivity contribution in [2.75, 3.05) is 5.32 Å². The lowest BCUT2D eigenvalue weighted by atomic mass is 10.1. The van der Waals surface area contributed by atoms with Gasteiger partial charge < -0.3 is 10.6 Å². The van der Waals surface area contributed by atoms with E-state index in [0.717, 1.165) is 5.56 Å². The van der Waals surface area contributed by atoms with E-state index in [1.807, 2.05) is 25.1 Å². The van der Waals surface area contributed by atoms with E-state index in [9.17, 15) is 4.79 Å². The largest absolute Gasteiger partial charge is 0.367 e. The van der Waals surface area contributed by atoms with E-state index in [4.69, 9.17) is 0 Å². The predicted molar refractivity (Wildman–Crippen MR) is 81.0 cm³/mol. The molecule has 5 heteroatoms. The second-order valence-corrected chi connectivity index (χ2v) is 5.38. The van der Waals surface area contributed by atoms with E-state index in [2.05, 4.69) is 26.7 Å². The van der Waals surface area contributed by atoms with E-state index in [-0.39, 0.29) is 5.91 Å². The fourth-order valence-electron chi connectivity index (χ4n) is 2.09. The van der Waals surface area contributed by atoms with Crippen LogP contribution in [0.3, 0.4) is 0 Å². The summed E-state index contributed by atoms with van der Waals surface area (Å²) in [6, 6.07) is 10.3. The lowest BCUT2D eigenvalue weighted by Crippen LogP contribution is -2.24. The Balaban J connectivity index is 1.61. The molecule has 1 fully saturated rings. The molecule has 1 heterocycles. The van der Waals surface area contributed by atoms with Crippen molar-refractivity contribution >= 4 is 11.7 Å². The topological polar surface area (TPSA) is 66.9 Å². The highest BCUT2D eigenvalue weighted by molar-refractivity contribution is 5.92. The third kappa shape index (κ3) is 3.78. The number of hydrogen-bond donors (Lipinski definition) is 2. The van der Waals surface area contributed by atoms with Gasteiger partial charge in [-0.2, -0.15) is 0 Å². The summed E-state index contributed by atoms with van der Waals surface area (Å²) < 4.78 is 0. The van der Waals surface area contributed by atoms with Crippen LogP contribution in [-0.2, 0) is 6.54 Å². The summed E-state index contributed by atoms with van der Waals surface area (Å²) in [5.74, 6) is 0.533. The Kier molecular flexibility index (Phi) is 3.81. The van der Waals surface area contributed by atoms with Gasteiger partial charge in [-0.3, -0.25) is 4.79 Å².